The molecule has 0 radical (unpaired) electrons. The number of rotatable bonds is 2. The van der Waals surface area contributed by atoms with Gasteiger partial charge in [-0.25, -0.2) is 4.39 Å². The lowest BCUT2D eigenvalue weighted by molar-refractivity contribution is 0.0562. The van der Waals surface area contributed by atoms with E-state index in [0.29, 0.717) is 12.8 Å². The van der Waals surface area contributed by atoms with E-state index in [1.807, 2.05) is 0 Å². The summed E-state index contributed by atoms with van der Waals surface area (Å²) in [4.78, 5) is 15.1. The lowest BCUT2D eigenvalue weighted by Crippen LogP contribution is -2.46. The molecule has 1 aliphatic carbocycles. The Morgan fingerprint density at radius 3 is 2.87 bits per heavy atom. The van der Waals surface area contributed by atoms with Gasteiger partial charge in [0.15, 0.2) is 0 Å². The number of halogens is 1. The van der Waals surface area contributed by atoms with Gasteiger partial charge in [-0.1, -0.05) is 0 Å². The number of carbonyl (C=O) groups excluding carboxylic acids is 1. The van der Waals surface area contributed by atoms with E-state index in [9.17, 15) is 9.18 Å². The number of hydrogen-bond donors (Lipinski definition) is 2. The van der Waals surface area contributed by atoms with Crippen LogP contribution in [0.4, 0.5) is 4.39 Å². The van der Waals surface area contributed by atoms with Crippen molar-refractivity contribution in [2.75, 3.05) is 0 Å². The van der Waals surface area contributed by atoms with Crippen molar-refractivity contribution in [1.29, 1.82) is 0 Å². The van der Waals surface area contributed by atoms with Crippen molar-refractivity contribution in [3.05, 3.63) is 29.8 Å². The average Bonchev–Trinajstić information content (AvgIpc) is 2.15. The summed E-state index contributed by atoms with van der Waals surface area (Å²) in [5, 5.41) is 11.7. The van der Waals surface area contributed by atoms with Gasteiger partial charge in [0.25, 0.3) is 5.91 Å². The van der Waals surface area contributed by atoms with Crippen LogP contribution in [0.2, 0.25) is 0 Å². The van der Waals surface area contributed by atoms with Crippen LogP contribution in [-0.2, 0) is 0 Å². The molecular weight excluding hydrogens is 199 g/mol. The smallest absolute Gasteiger partial charge is 0.253 e. The van der Waals surface area contributed by atoms with Gasteiger partial charge in [0, 0.05) is 12.2 Å². The number of nitrogens with zero attached hydrogens (tertiary/aromatic N) is 1. The predicted molar refractivity (Wildman–Crippen MR) is 50.7 cm³/mol. The van der Waals surface area contributed by atoms with Gasteiger partial charge in [-0.15, -0.1) is 0 Å². The standard InChI is InChI=1S/C10H11FN2O2/c11-7-1-6(4-12-5-7)10(15)13-8-2-9(14)3-8/h1,4-5,8-9,14H,2-3H2,(H,13,15). The molecule has 0 saturated heterocycles. The van der Waals surface area contributed by atoms with Crippen LogP contribution >= 0.6 is 0 Å². The second kappa shape index (κ2) is 3.94. The molecule has 0 unspecified atom stereocenters. The van der Waals surface area contributed by atoms with Gasteiger partial charge in [0.2, 0.25) is 0 Å². The van der Waals surface area contributed by atoms with E-state index < -0.39 is 5.82 Å². The lowest BCUT2D eigenvalue weighted by atomic mass is 9.89. The number of carbonyl (C=O) groups is 1. The molecule has 0 aliphatic heterocycles. The molecule has 0 atom stereocenters. The topological polar surface area (TPSA) is 62.2 Å². The van der Waals surface area contributed by atoms with Crippen LogP contribution in [0.25, 0.3) is 0 Å². The van der Waals surface area contributed by atoms with Gasteiger partial charge < -0.3 is 10.4 Å². The fourth-order valence-electron chi connectivity index (χ4n) is 1.51. The van der Waals surface area contributed by atoms with E-state index in [0.717, 1.165) is 12.3 Å². The summed E-state index contributed by atoms with van der Waals surface area (Å²) in [5.74, 6) is -0.879. The number of amides is 1. The number of pyridine rings is 1. The molecular formula is C10H11FN2O2. The van der Waals surface area contributed by atoms with E-state index in [-0.39, 0.29) is 23.6 Å². The Bertz CT molecular complexity index is 377. The van der Waals surface area contributed by atoms with Crippen molar-refractivity contribution in [1.82, 2.24) is 10.3 Å². The number of aliphatic hydroxyl groups excluding tert-OH is 1. The van der Waals surface area contributed by atoms with E-state index in [1.165, 1.54) is 6.20 Å². The van der Waals surface area contributed by atoms with Crippen LogP contribution in [0, 0.1) is 5.82 Å². The van der Waals surface area contributed by atoms with Crippen molar-refractivity contribution < 1.29 is 14.3 Å². The molecule has 0 bridgehead atoms. The first-order valence-electron chi connectivity index (χ1n) is 4.74. The Hall–Kier alpha value is -1.49. The Balaban J connectivity index is 1.96. The third-order valence-corrected chi connectivity index (χ3v) is 2.42. The lowest BCUT2D eigenvalue weighted by Gasteiger charge is -2.31. The summed E-state index contributed by atoms with van der Waals surface area (Å²) in [6, 6.07) is 1.13. The zero-order chi connectivity index (χ0) is 10.8. The third-order valence-electron chi connectivity index (χ3n) is 2.42. The molecule has 4 nitrogen and oxygen atoms in total. The summed E-state index contributed by atoms with van der Waals surface area (Å²) in [6.45, 7) is 0. The van der Waals surface area contributed by atoms with E-state index in [2.05, 4.69) is 10.3 Å². The van der Waals surface area contributed by atoms with Crippen LogP contribution < -0.4 is 5.32 Å². The average molecular weight is 210 g/mol. The molecule has 0 aromatic carbocycles. The summed E-state index contributed by atoms with van der Waals surface area (Å²) < 4.78 is 12.7. The molecule has 5 heteroatoms. The number of aliphatic hydroxyl groups is 1. The quantitative estimate of drug-likeness (QED) is 0.746. The molecule has 15 heavy (non-hydrogen) atoms. The minimum absolute atomic E-state index is 0.00392. The maximum atomic E-state index is 12.7. The summed E-state index contributed by atoms with van der Waals surface area (Å²) >= 11 is 0. The molecule has 2 rings (SSSR count). The predicted octanol–water partition coefficient (Wildman–Crippen LogP) is 0.474. The maximum Gasteiger partial charge on any atom is 0.253 e. The Morgan fingerprint density at radius 2 is 2.27 bits per heavy atom. The van der Waals surface area contributed by atoms with Gasteiger partial charge in [-0.05, 0) is 18.9 Å². The first kappa shape index (κ1) is 10.0. The minimum atomic E-state index is -0.531. The zero-order valence-corrected chi connectivity index (χ0v) is 7.98. The monoisotopic (exact) mass is 210 g/mol. The highest BCUT2D eigenvalue weighted by Crippen LogP contribution is 2.19. The molecule has 0 spiro atoms. The third kappa shape index (κ3) is 2.30. The van der Waals surface area contributed by atoms with E-state index in [4.69, 9.17) is 5.11 Å². The fourth-order valence-corrected chi connectivity index (χ4v) is 1.51. The highest BCUT2D eigenvalue weighted by Gasteiger charge is 2.28. The Morgan fingerprint density at radius 1 is 1.53 bits per heavy atom. The normalized spacial score (nSPS) is 24.4. The van der Waals surface area contributed by atoms with Crippen LogP contribution in [0.15, 0.2) is 18.5 Å². The van der Waals surface area contributed by atoms with Crippen LogP contribution in [-0.4, -0.2) is 28.1 Å². The van der Waals surface area contributed by atoms with Crippen molar-refractivity contribution in [2.24, 2.45) is 0 Å². The van der Waals surface area contributed by atoms with Crippen LogP contribution in [0.3, 0.4) is 0 Å². The first-order valence-corrected chi connectivity index (χ1v) is 4.74. The molecule has 1 aromatic heterocycles. The van der Waals surface area contributed by atoms with Gasteiger partial charge in [0.05, 0.1) is 17.9 Å². The second-order valence-corrected chi connectivity index (χ2v) is 3.69. The Labute approximate surface area is 86.1 Å². The molecule has 1 amide bonds. The SMILES string of the molecule is O=C(NC1CC(O)C1)c1cncc(F)c1. The van der Waals surface area contributed by atoms with E-state index in [1.54, 1.807) is 0 Å². The number of nitrogens with one attached hydrogen (secondary N) is 1. The largest absolute Gasteiger partial charge is 0.393 e. The maximum absolute atomic E-state index is 12.7. The zero-order valence-electron chi connectivity index (χ0n) is 7.98. The van der Waals surface area contributed by atoms with Crippen molar-refractivity contribution in [3.63, 3.8) is 0 Å². The molecule has 1 aromatic rings. The van der Waals surface area contributed by atoms with Gasteiger partial charge in [-0.3, -0.25) is 9.78 Å². The van der Waals surface area contributed by atoms with Crippen molar-refractivity contribution >= 4 is 5.91 Å². The van der Waals surface area contributed by atoms with Gasteiger partial charge in [0.1, 0.15) is 5.82 Å². The van der Waals surface area contributed by atoms with Gasteiger partial charge in [-0.2, -0.15) is 0 Å². The van der Waals surface area contributed by atoms with Crippen LogP contribution in [0.5, 0.6) is 0 Å². The first-order chi connectivity index (χ1) is 7.15. The van der Waals surface area contributed by atoms with E-state index >= 15 is 0 Å². The van der Waals surface area contributed by atoms with Crippen molar-refractivity contribution in [2.45, 2.75) is 25.0 Å². The highest BCUT2D eigenvalue weighted by atomic mass is 19.1. The Kier molecular flexibility index (Phi) is 2.64. The second-order valence-electron chi connectivity index (χ2n) is 3.69. The molecule has 1 saturated carbocycles. The molecule has 80 valence electrons. The van der Waals surface area contributed by atoms with Crippen molar-refractivity contribution in [3.8, 4) is 0 Å². The summed E-state index contributed by atoms with van der Waals surface area (Å²) in [6.07, 6.45) is 3.17. The highest BCUT2D eigenvalue weighted by molar-refractivity contribution is 5.94. The number of aromatic nitrogens is 1. The minimum Gasteiger partial charge on any atom is -0.393 e. The number of hydrogen-bond acceptors (Lipinski definition) is 3. The fraction of sp³-hybridized carbons (Fsp3) is 0.400. The molecule has 1 aliphatic rings. The summed E-state index contributed by atoms with van der Waals surface area (Å²) in [5.41, 5.74) is 0.205. The van der Waals surface area contributed by atoms with Crippen LogP contribution in [0.1, 0.15) is 23.2 Å². The molecule has 1 heterocycles. The molecule has 1 fully saturated rings. The molecule has 2 N–H and O–H groups in total. The summed E-state index contributed by atoms with van der Waals surface area (Å²) in [7, 11) is 0. The van der Waals surface area contributed by atoms with Gasteiger partial charge >= 0.3 is 0 Å².